The molecule has 1 aromatic heterocycles. The molecular weight excluding hydrogens is 643 g/mol. The van der Waals surface area contributed by atoms with Gasteiger partial charge in [-0.3, -0.25) is 0 Å². The largest absolute Gasteiger partial charge is 0.310 e. The van der Waals surface area contributed by atoms with Gasteiger partial charge in [-0.1, -0.05) is 133 Å². The van der Waals surface area contributed by atoms with Gasteiger partial charge in [-0.25, -0.2) is 0 Å². The van der Waals surface area contributed by atoms with Gasteiger partial charge in [0.2, 0.25) is 0 Å². The first-order valence-corrected chi connectivity index (χ1v) is 18.1. The number of hydrogen-bond donors (Lipinski definition) is 0. The minimum Gasteiger partial charge on any atom is -0.310 e. The van der Waals surface area contributed by atoms with Crippen LogP contribution in [0.1, 0.15) is 27.8 Å². The van der Waals surface area contributed by atoms with Crippen LogP contribution in [-0.2, 0) is 5.41 Å². The molecule has 2 heterocycles. The van der Waals surface area contributed by atoms with Crippen molar-refractivity contribution < 1.29 is 0 Å². The molecule has 9 aromatic rings. The molecule has 0 amide bonds. The monoisotopic (exact) mass is 673 g/mol. The van der Waals surface area contributed by atoms with E-state index < -0.39 is 5.41 Å². The summed E-state index contributed by atoms with van der Waals surface area (Å²) in [5.74, 6) is 0. The summed E-state index contributed by atoms with van der Waals surface area (Å²) >= 11 is 0. The van der Waals surface area contributed by atoms with Crippen LogP contribution in [0.3, 0.4) is 0 Å². The number of fused-ring (bicyclic) bond motifs is 12. The molecule has 1 spiro atoms. The Labute approximate surface area is 307 Å². The maximum absolute atomic E-state index is 9.91. The van der Waals surface area contributed by atoms with Crippen LogP contribution in [-0.4, -0.2) is 4.57 Å². The summed E-state index contributed by atoms with van der Waals surface area (Å²) in [6, 6.07) is 70.3. The van der Waals surface area contributed by atoms with Gasteiger partial charge in [0.15, 0.2) is 0 Å². The Balaban J connectivity index is 1.24. The third-order valence-electron chi connectivity index (χ3n) is 11.4. The van der Waals surface area contributed by atoms with Gasteiger partial charge < -0.3 is 9.47 Å². The maximum Gasteiger partial charge on any atom is 0.0991 e. The second-order valence-corrected chi connectivity index (χ2v) is 14.0. The van der Waals surface area contributed by atoms with Crippen molar-refractivity contribution >= 4 is 38.9 Å². The Morgan fingerprint density at radius 2 is 0.925 bits per heavy atom. The Hall–Kier alpha value is -7.15. The summed E-state index contributed by atoms with van der Waals surface area (Å²) in [6.45, 7) is 0. The van der Waals surface area contributed by atoms with Crippen LogP contribution in [0, 0.1) is 11.3 Å². The van der Waals surface area contributed by atoms with Crippen LogP contribution in [0.4, 0.5) is 17.1 Å². The van der Waals surface area contributed by atoms with Gasteiger partial charge in [-0.15, -0.1) is 0 Å². The van der Waals surface area contributed by atoms with Crippen molar-refractivity contribution in [2.75, 3.05) is 4.90 Å². The molecule has 246 valence electrons. The molecule has 3 nitrogen and oxygen atoms in total. The van der Waals surface area contributed by atoms with Crippen molar-refractivity contribution in [3.63, 3.8) is 0 Å². The SMILES string of the molecule is N#Cc1cccc(-c2cc(N3c4ccccc4C4(c5ccccc5-c5ccccc54)c4ccccc43)cc(-n3c4ccccc4c4ccccc43)c2)c1. The standard InChI is InChI=1S/C50H31N3/c51-32-33-14-13-15-34(28-33)35-29-36(52-46-24-9-3-18-40(46)41-19-4-10-25-47(41)52)31-37(30-35)53-48-26-11-7-22-44(48)50(45-23-8-12-27-49(45)53)42-20-5-1-16-38(42)39-17-2-6-21-43(39)50/h1-31H. The highest BCUT2D eigenvalue weighted by Gasteiger charge is 2.51. The summed E-state index contributed by atoms with van der Waals surface area (Å²) < 4.78 is 2.39. The fourth-order valence-electron chi connectivity index (χ4n) is 9.33. The molecule has 0 N–H and O–H groups in total. The van der Waals surface area contributed by atoms with E-state index in [-0.39, 0.29) is 0 Å². The topological polar surface area (TPSA) is 32.0 Å². The number of nitrogens with zero attached hydrogens (tertiary/aromatic N) is 3. The lowest BCUT2D eigenvalue weighted by Crippen LogP contribution is -2.36. The predicted octanol–water partition coefficient (Wildman–Crippen LogP) is 12.5. The summed E-state index contributed by atoms with van der Waals surface area (Å²) in [5, 5.41) is 12.3. The lowest BCUT2D eigenvalue weighted by Gasteiger charge is -2.45. The van der Waals surface area contributed by atoms with Crippen LogP contribution >= 0.6 is 0 Å². The zero-order valence-corrected chi connectivity index (χ0v) is 28.7. The highest BCUT2D eigenvalue weighted by atomic mass is 15.2. The fraction of sp³-hybridized carbons (Fsp3) is 0.0200. The van der Waals surface area contributed by atoms with E-state index in [1.54, 1.807) is 0 Å². The summed E-state index contributed by atoms with van der Waals surface area (Å²) in [7, 11) is 0. The smallest absolute Gasteiger partial charge is 0.0991 e. The highest BCUT2D eigenvalue weighted by Crippen LogP contribution is 2.63. The second kappa shape index (κ2) is 11.2. The Bertz CT molecular complexity index is 2850. The molecule has 1 aliphatic heterocycles. The number of benzene rings is 8. The summed E-state index contributed by atoms with van der Waals surface area (Å²) in [4.78, 5) is 2.45. The molecule has 0 unspecified atom stereocenters. The molecule has 0 bridgehead atoms. The van der Waals surface area contributed by atoms with Crippen molar-refractivity contribution in [1.82, 2.24) is 4.57 Å². The van der Waals surface area contributed by atoms with Crippen LogP contribution in [0.15, 0.2) is 188 Å². The minimum atomic E-state index is -0.481. The molecule has 11 rings (SSSR count). The van der Waals surface area contributed by atoms with Crippen LogP contribution in [0.5, 0.6) is 0 Å². The molecule has 1 aliphatic carbocycles. The van der Waals surface area contributed by atoms with Crippen LogP contribution in [0.25, 0.3) is 49.7 Å². The summed E-state index contributed by atoms with van der Waals surface area (Å²) in [5.41, 5.74) is 16.6. The van der Waals surface area contributed by atoms with Gasteiger partial charge in [0.05, 0.1) is 39.5 Å². The first-order chi connectivity index (χ1) is 26.3. The molecule has 0 atom stereocenters. The van der Waals surface area contributed by atoms with E-state index in [1.807, 2.05) is 18.2 Å². The molecule has 0 fully saturated rings. The highest BCUT2D eigenvalue weighted by molar-refractivity contribution is 6.09. The van der Waals surface area contributed by atoms with Gasteiger partial charge in [-0.05, 0) is 99.1 Å². The van der Waals surface area contributed by atoms with Crippen LogP contribution < -0.4 is 4.90 Å². The predicted molar refractivity (Wildman–Crippen MR) is 216 cm³/mol. The number of hydrogen-bond acceptors (Lipinski definition) is 2. The zero-order chi connectivity index (χ0) is 35.1. The first kappa shape index (κ1) is 29.6. The van der Waals surface area contributed by atoms with E-state index in [1.165, 1.54) is 44.2 Å². The first-order valence-electron chi connectivity index (χ1n) is 18.1. The number of nitriles is 1. The van der Waals surface area contributed by atoms with E-state index in [0.717, 1.165) is 44.9 Å². The van der Waals surface area contributed by atoms with E-state index in [9.17, 15) is 5.26 Å². The van der Waals surface area contributed by atoms with Gasteiger partial charge in [-0.2, -0.15) is 5.26 Å². The molecule has 0 saturated carbocycles. The number of aromatic nitrogens is 1. The third-order valence-corrected chi connectivity index (χ3v) is 11.4. The van der Waals surface area contributed by atoms with Crippen molar-refractivity contribution in [3.8, 4) is 34.0 Å². The average molecular weight is 674 g/mol. The average Bonchev–Trinajstić information content (AvgIpc) is 3.72. The van der Waals surface area contributed by atoms with Gasteiger partial charge in [0.1, 0.15) is 0 Å². The Morgan fingerprint density at radius 1 is 0.415 bits per heavy atom. The Morgan fingerprint density at radius 3 is 1.53 bits per heavy atom. The van der Waals surface area contributed by atoms with Crippen molar-refractivity contribution in [3.05, 3.63) is 216 Å². The Kier molecular flexibility index (Phi) is 6.23. The number of rotatable bonds is 3. The molecule has 0 saturated heterocycles. The zero-order valence-electron chi connectivity index (χ0n) is 28.7. The second-order valence-electron chi connectivity index (χ2n) is 14.0. The molecule has 2 aliphatic rings. The van der Waals surface area contributed by atoms with Crippen molar-refractivity contribution in [1.29, 1.82) is 5.26 Å². The summed E-state index contributed by atoms with van der Waals surface area (Å²) in [6.07, 6.45) is 0. The molecular formula is C50H31N3. The quantitative estimate of drug-likeness (QED) is 0.187. The van der Waals surface area contributed by atoms with Gasteiger partial charge in [0, 0.05) is 22.1 Å². The van der Waals surface area contributed by atoms with E-state index in [4.69, 9.17) is 0 Å². The molecule has 0 radical (unpaired) electrons. The molecule has 53 heavy (non-hydrogen) atoms. The lowest BCUT2D eigenvalue weighted by molar-refractivity contribution is 0.752. The van der Waals surface area contributed by atoms with Crippen molar-refractivity contribution in [2.45, 2.75) is 5.41 Å². The van der Waals surface area contributed by atoms with Crippen LogP contribution in [0.2, 0.25) is 0 Å². The normalized spacial score (nSPS) is 13.4. The molecule has 8 aromatic carbocycles. The van der Waals surface area contributed by atoms with Gasteiger partial charge >= 0.3 is 0 Å². The lowest BCUT2D eigenvalue weighted by atomic mass is 9.64. The fourth-order valence-corrected chi connectivity index (χ4v) is 9.33. The maximum atomic E-state index is 9.91. The minimum absolute atomic E-state index is 0.481. The van der Waals surface area contributed by atoms with Gasteiger partial charge in [0.25, 0.3) is 0 Å². The van der Waals surface area contributed by atoms with E-state index in [2.05, 4.69) is 185 Å². The molecule has 3 heteroatoms. The van der Waals surface area contributed by atoms with E-state index in [0.29, 0.717) is 5.56 Å². The van der Waals surface area contributed by atoms with E-state index >= 15 is 0 Å². The van der Waals surface area contributed by atoms with Crippen molar-refractivity contribution in [2.24, 2.45) is 0 Å². The number of para-hydroxylation sites is 4. The number of anilines is 3. The third kappa shape index (κ3) is 4.04.